The lowest BCUT2D eigenvalue weighted by Gasteiger charge is -2.00. The molecule has 0 aliphatic carbocycles. The standard InChI is InChI=1S/C7H4BrIN2/c8-7-4(3-10)5(9)1-2-6(7)11/h1-2H,11H2. The Bertz CT molecular complexity index is 330. The van der Waals surface area contributed by atoms with Gasteiger partial charge in [0.25, 0.3) is 0 Å². The van der Waals surface area contributed by atoms with Crippen molar-refractivity contribution < 1.29 is 0 Å². The molecule has 0 amide bonds. The zero-order chi connectivity index (χ0) is 8.43. The second-order valence-corrected chi connectivity index (χ2v) is 3.89. The summed E-state index contributed by atoms with van der Waals surface area (Å²) in [5, 5.41) is 8.68. The second kappa shape index (κ2) is 3.41. The molecule has 0 aliphatic rings. The Kier molecular flexibility index (Phi) is 2.73. The highest BCUT2D eigenvalue weighted by atomic mass is 127. The topological polar surface area (TPSA) is 49.8 Å². The summed E-state index contributed by atoms with van der Waals surface area (Å²) in [6.45, 7) is 0. The predicted molar refractivity (Wildman–Crippen MR) is 56.0 cm³/mol. The molecule has 1 rings (SSSR count). The average Bonchev–Trinajstić information content (AvgIpc) is 1.99. The summed E-state index contributed by atoms with van der Waals surface area (Å²) in [6.07, 6.45) is 0. The Morgan fingerprint density at radius 3 is 2.64 bits per heavy atom. The van der Waals surface area contributed by atoms with Gasteiger partial charge in [-0.1, -0.05) is 0 Å². The van der Waals surface area contributed by atoms with Gasteiger partial charge >= 0.3 is 0 Å². The minimum Gasteiger partial charge on any atom is -0.398 e. The van der Waals surface area contributed by atoms with Gasteiger partial charge < -0.3 is 5.73 Å². The van der Waals surface area contributed by atoms with Gasteiger partial charge in [0.2, 0.25) is 0 Å². The summed E-state index contributed by atoms with van der Waals surface area (Å²) in [6, 6.07) is 5.66. The number of hydrogen-bond acceptors (Lipinski definition) is 2. The van der Waals surface area contributed by atoms with Gasteiger partial charge in [-0.3, -0.25) is 0 Å². The summed E-state index contributed by atoms with van der Waals surface area (Å²) in [5.74, 6) is 0. The molecule has 1 aromatic rings. The Morgan fingerprint density at radius 2 is 2.18 bits per heavy atom. The van der Waals surface area contributed by atoms with Gasteiger partial charge in [-0.25, -0.2) is 0 Å². The molecule has 0 heterocycles. The molecule has 0 unspecified atom stereocenters. The van der Waals surface area contributed by atoms with E-state index >= 15 is 0 Å². The smallest absolute Gasteiger partial charge is 0.102 e. The second-order valence-electron chi connectivity index (χ2n) is 1.94. The fraction of sp³-hybridized carbons (Fsp3) is 0. The highest BCUT2D eigenvalue weighted by Crippen LogP contribution is 2.27. The van der Waals surface area contributed by atoms with Crippen LogP contribution in [0, 0.1) is 14.9 Å². The van der Waals surface area contributed by atoms with E-state index in [1.165, 1.54) is 0 Å². The molecule has 2 nitrogen and oxygen atoms in total. The Hall–Kier alpha value is -0.280. The molecule has 0 spiro atoms. The van der Waals surface area contributed by atoms with Crippen LogP contribution in [0.15, 0.2) is 16.6 Å². The van der Waals surface area contributed by atoms with E-state index in [1.807, 2.05) is 6.07 Å². The SMILES string of the molecule is N#Cc1c(I)ccc(N)c1Br. The molecular formula is C7H4BrIN2. The quantitative estimate of drug-likeness (QED) is 0.589. The van der Waals surface area contributed by atoms with E-state index in [2.05, 4.69) is 44.6 Å². The van der Waals surface area contributed by atoms with Gasteiger partial charge in [-0.2, -0.15) is 5.26 Å². The van der Waals surface area contributed by atoms with Crippen molar-refractivity contribution in [1.29, 1.82) is 5.26 Å². The van der Waals surface area contributed by atoms with Crippen molar-refractivity contribution in [2.45, 2.75) is 0 Å². The summed E-state index contributed by atoms with van der Waals surface area (Å²) in [7, 11) is 0. The van der Waals surface area contributed by atoms with Gasteiger partial charge in [0.1, 0.15) is 6.07 Å². The first-order valence-electron chi connectivity index (χ1n) is 2.80. The van der Waals surface area contributed by atoms with E-state index in [-0.39, 0.29) is 0 Å². The molecular weight excluding hydrogens is 319 g/mol. The predicted octanol–water partition coefficient (Wildman–Crippen LogP) is 2.51. The van der Waals surface area contributed by atoms with E-state index in [0.717, 1.165) is 3.57 Å². The maximum absolute atomic E-state index is 8.68. The maximum atomic E-state index is 8.68. The summed E-state index contributed by atoms with van der Waals surface area (Å²) in [4.78, 5) is 0. The number of benzene rings is 1. The van der Waals surface area contributed by atoms with E-state index in [1.54, 1.807) is 6.07 Å². The van der Waals surface area contributed by atoms with Crippen LogP contribution in [0.3, 0.4) is 0 Å². The fourth-order valence-corrected chi connectivity index (χ4v) is 2.05. The molecule has 56 valence electrons. The summed E-state index contributed by atoms with van der Waals surface area (Å²) >= 11 is 5.33. The van der Waals surface area contributed by atoms with Crippen LogP contribution in [-0.2, 0) is 0 Å². The number of nitrogen functional groups attached to an aromatic ring is 1. The monoisotopic (exact) mass is 322 g/mol. The van der Waals surface area contributed by atoms with Crippen molar-refractivity contribution in [3.63, 3.8) is 0 Å². The van der Waals surface area contributed by atoms with Crippen molar-refractivity contribution in [1.82, 2.24) is 0 Å². The third-order valence-electron chi connectivity index (χ3n) is 1.23. The number of nitrogens with two attached hydrogens (primary N) is 1. The molecule has 0 atom stereocenters. The van der Waals surface area contributed by atoms with Crippen LogP contribution in [0.4, 0.5) is 5.69 Å². The molecule has 0 aliphatic heterocycles. The van der Waals surface area contributed by atoms with Crippen LogP contribution < -0.4 is 5.73 Å². The molecule has 0 radical (unpaired) electrons. The molecule has 1 aromatic carbocycles. The minimum atomic E-state index is 0.599. The molecule has 11 heavy (non-hydrogen) atoms. The molecule has 0 fully saturated rings. The van der Waals surface area contributed by atoms with E-state index < -0.39 is 0 Å². The summed E-state index contributed by atoms with van der Waals surface area (Å²) < 4.78 is 1.60. The zero-order valence-corrected chi connectivity index (χ0v) is 9.18. The van der Waals surface area contributed by atoms with Crippen LogP contribution in [0.1, 0.15) is 5.56 Å². The van der Waals surface area contributed by atoms with Gasteiger partial charge in [-0.05, 0) is 50.7 Å². The highest BCUT2D eigenvalue weighted by molar-refractivity contribution is 14.1. The molecule has 0 aromatic heterocycles. The summed E-state index contributed by atoms with van der Waals surface area (Å²) in [5.41, 5.74) is 6.77. The van der Waals surface area contributed by atoms with E-state index in [4.69, 9.17) is 11.0 Å². The third-order valence-corrected chi connectivity index (χ3v) is 2.99. The van der Waals surface area contributed by atoms with Crippen LogP contribution in [-0.4, -0.2) is 0 Å². The van der Waals surface area contributed by atoms with E-state index in [0.29, 0.717) is 15.7 Å². The Labute approximate surface area is 86.7 Å². The zero-order valence-electron chi connectivity index (χ0n) is 5.44. The van der Waals surface area contributed by atoms with E-state index in [9.17, 15) is 0 Å². The number of anilines is 1. The molecule has 0 saturated carbocycles. The maximum Gasteiger partial charge on any atom is 0.102 e. The van der Waals surface area contributed by atoms with Crippen LogP contribution in [0.25, 0.3) is 0 Å². The number of nitrogens with zero attached hydrogens (tertiary/aromatic N) is 1. The average molecular weight is 323 g/mol. The first kappa shape index (κ1) is 8.81. The van der Waals surface area contributed by atoms with Crippen molar-refractivity contribution in [2.75, 3.05) is 5.73 Å². The van der Waals surface area contributed by atoms with Crippen molar-refractivity contribution in [3.8, 4) is 6.07 Å². The van der Waals surface area contributed by atoms with Crippen LogP contribution in [0.2, 0.25) is 0 Å². The lowest BCUT2D eigenvalue weighted by atomic mass is 10.2. The highest BCUT2D eigenvalue weighted by Gasteiger charge is 2.05. The van der Waals surface area contributed by atoms with Gasteiger partial charge in [0.05, 0.1) is 10.0 Å². The number of nitriles is 1. The first-order chi connectivity index (χ1) is 5.16. The number of hydrogen-bond donors (Lipinski definition) is 1. The molecule has 0 bridgehead atoms. The minimum absolute atomic E-state index is 0.599. The van der Waals surface area contributed by atoms with Crippen LogP contribution >= 0.6 is 38.5 Å². The number of halogens is 2. The Balaban J connectivity index is 3.44. The van der Waals surface area contributed by atoms with Crippen molar-refractivity contribution in [2.24, 2.45) is 0 Å². The first-order valence-corrected chi connectivity index (χ1v) is 4.67. The van der Waals surface area contributed by atoms with Crippen molar-refractivity contribution >= 4 is 44.2 Å². The molecule has 4 heteroatoms. The third kappa shape index (κ3) is 1.65. The fourth-order valence-electron chi connectivity index (χ4n) is 0.671. The number of rotatable bonds is 0. The van der Waals surface area contributed by atoms with Crippen LogP contribution in [0.5, 0.6) is 0 Å². The van der Waals surface area contributed by atoms with Gasteiger partial charge in [0.15, 0.2) is 0 Å². The Morgan fingerprint density at radius 1 is 1.55 bits per heavy atom. The lowest BCUT2D eigenvalue weighted by molar-refractivity contribution is 1.44. The van der Waals surface area contributed by atoms with Gasteiger partial charge in [-0.15, -0.1) is 0 Å². The normalized spacial score (nSPS) is 9.18. The molecule has 2 N–H and O–H groups in total. The van der Waals surface area contributed by atoms with Crippen molar-refractivity contribution in [3.05, 3.63) is 25.7 Å². The largest absolute Gasteiger partial charge is 0.398 e. The van der Waals surface area contributed by atoms with Gasteiger partial charge in [0, 0.05) is 9.26 Å². The molecule has 0 saturated heterocycles. The lowest BCUT2D eigenvalue weighted by Crippen LogP contribution is -1.91.